The molecule has 2 aromatic rings. The van der Waals surface area contributed by atoms with Gasteiger partial charge in [0.1, 0.15) is 18.1 Å². The minimum absolute atomic E-state index is 0.00412. The summed E-state index contributed by atoms with van der Waals surface area (Å²) in [4.78, 5) is 38.6. The van der Waals surface area contributed by atoms with Crippen LogP contribution >= 0.6 is 0 Å². The average Bonchev–Trinajstić information content (AvgIpc) is 2.89. The van der Waals surface area contributed by atoms with Crippen molar-refractivity contribution in [3.63, 3.8) is 0 Å². The fraction of sp³-hybridized carbons (Fsp3) is 0.481. The Morgan fingerprint density at radius 3 is 2.78 bits per heavy atom. The van der Waals surface area contributed by atoms with Crippen LogP contribution < -0.4 is 9.64 Å². The van der Waals surface area contributed by atoms with Crippen molar-refractivity contribution in [3.8, 4) is 5.75 Å². The molecule has 0 aromatic carbocycles. The highest BCUT2D eigenvalue weighted by atomic mass is 19.1. The monoisotopic (exact) mass is 494 g/mol. The molecule has 36 heavy (non-hydrogen) atoms. The van der Waals surface area contributed by atoms with Gasteiger partial charge in [-0.3, -0.25) is 9.59 Å². The zero-order valence-electron chi connectivity index (χ0n) is 20.8. The molecule has 2 aromatic heterocycles. The molecule has 5 rings (SSSR count). The molecule has 4 heterocycles. The molecule has 2 aliphatic heterocycles. The summed E-state index contributed by atoms with van der Waals surface area (Å²) in [5.74, 6) is 1.61. The predicted molar refractivity (Wildman–Crippen MR) is 133 cm³/mol. The van der Waals surface area contributed by atoms with Crippen molar-refractivity contribution < 1.29 is 23.5 Å². The van der Waals surface area contributed by atoms with Crippen molar-refractivity contribution in [1.82, 2.24) is 14.9 Å². The van der Waals surface area contributed by atoms with E-state index >= 15 is 0 Å². The Morgan fingerprint density at radius 2 is 2.00 bits per heavy atom. The van der Waals surface area contributed by atoms with Crippen LogP contribution in [0.4, 0.5) is 16.0 Å². The van der Waals surface area contributed by atoms with E-state index < -0.39 is 5.67 Å². The molecule has 0 radical (unpaired) electrons. The van der Waals surface area contributed by atoms with Crippen molar-refractivity contribution in [2.24, 2.45) is 0 Å². The van der Waals surface area contributed by atoms with E-state index in [-0.39, 0.29) is 11.7 Å². The van der Waals surface area contributed by atoms with Gasteiger partial charge in [-0.1, -0.05) is 6.08 Å². The second-order valence-corrected chi connectivity index (χ2v) is 9.66. The summed E-state index contributed by atoms with van der Waals surface area (Å²) in [5.41, 5.74) is 1.52. The second kappa shape index (κ2) is 9.97. The van der Waals surface area contributed by atoms with Crippen molar-refractivity contribution in [2.45, 2.75) is 45.2 Å². The van der Waals surface area contributed by atoms with Crippen LogP contribution in [-0.4, -0.2) is 71.7 Å². The van der Waals surface area contributed by atoms with Gasteiger partial charge in [0.2, 0.25) is 0 Å². The van der Waals surface area contributed by atoms with Gasteiger partial charge < -0.3 is 19.3 Å². The number of carbonyl (C=O) groups is 2. The van der Waals surface area contributed by atoms with E-state index in [2.05, 4.69) is 9.97 Å². The molecule has 1 amide bonds. The Labute approximate surface area is 210 Å². The molecule has 0 unspecified atom stereocenters. The number of nitrogens with zero attached hydrogens (tertiary/aromatic N) is 4. The summed E-state index contributed by atoms with van der Waals surface area (Å²) in [5, 5.41) is 0. The highest BCUT2D eigenvalue weighted by Gasteiger charge is 2.33. The van der Waals surface area contributed by atoms with E-state index in [0.717, 1.165) is 11.1 Å². The Balaban J connectivity index is 1.34. The number of ketones is 1. The van der Waals surface area contributed by atoms with Gasteiger partial charge in [0, 0.05) is 37.7 Å². The van der Waals surface area contributed by atoms with Gasteiger partial charge in [-0.15, -0.1) is 0 Å². The number of fused-ring (bicyclic) bond motifs is 2. The number of amides is 1. The molecule has 1 fully saturated rings. The zero-order valence-corrected chi connectivity index (χ0v) is 20.8. The van der Waals surface area contributed by atoms with Crippen LogP contribution in [-0.2, 0) is 11.2 Å². The maximum absolute atomic E-state index is 14.1. The van der Waals surface area contributed by atoms with Gasteiger partial charge in [-0.25, -0.2) is 14.4 Å². The number of ether oxygens (including phenoxy) is 2. The number of piperidine rings is 1. The first-order chi connectivity index (χ1) is 17.4. The number of Topliss-reactive ketones (excluding diaryl/α,β-unsaturated/α-hetero) is 1. The first-order valence-corrected chi connectivity index (χ1v) is 12.6. The smallest absolute Gasteiger partial charge is 0.255 e. The number of hydrogen-bond acceptors (Lipinski definition) is 7. The van der Waals surface area contributed by atoms with Crippen LogP contribution in [0.15, 0.2) is 36.2 Å². The van der Waals surface area contributed by atoms with Crippen molar-refractivity contribution in [3.05, 3.63) is 52.9 Å². The van der Waals surface area contributed by atoms with Gasteiger partial charge in [0.25, 0.3) is 5.91 Å². The molecule has 9 heteroatoms. The van der Waals surface area contributed by atoms with E-state index in [1.807, 2.05) is 24.0 Å². The van der Waals surface area contributed by atoms with E-state index in [9.17, 15) is 14.0 Å². The van der Waals surface area contributed by atoms with E-state index in [1.165, 1.54) is 0 Å². The number of alkyl halides is 1. The molecule has 190 valence electrons. The Hall–Kier alpha value is -3.33. The Kier molecular flexibility index (Phi) is 6.75. The lowest BCUT2D eigenvalue weighted by Gasteiger charge is -2.34. The van der Waals surface area contributed by atoms with Crippen molar-refractivity contribution in [1.29, 1.82) is 0 Å². The third kappa shape index (κ3) is 4.84. The highest BCUT2D eigenvalue weighted by Crippen LogP contribution is 2.36. The van der Waals surface area contributed by atoms with E-state index in [0.29, 0.717) is 93.7 Å². The number of hydrogen-bond donors (Lipinski definition) is 0. The van der Waals surface area contributed by atoms with Gasteiger partial charge in [0.15, 0.2) is 17.4 Å². The lowest BCUT2D eigenvalue weighted by atomic mass is 9.90. The zero-order chi connectivity index (χ0) is 25.3. The molecule has 3 aliphatic rings. The van der Waals surface area contributed by atoms with Crippen LogP contribution in [0.25, 0.3) is 0 Å². The maximum Gasteiger partial charge on any atom is 0.255 e. The molecular formula is C27H31FN4O4. The average molecular weight is 495 g/mol. The van der Waals surface area contributed by atoms with Gasteiger partial charge in [-0.2, -0.15) is 0 Å². The van der Waals surface area contributed by atoms with Crippen LogP contribution in [0.5, 0.6) is 5.75 Å². The number of aromatic nitrogens is 2. The summed E-state index contributed by atoms with van der Waals surface area (Å²) < 4.78 is 25.4. The first-order valence-electron chi connectivity index (χ1n) is 12.6. The topological polar surface area (TPSA) is 84.9 Å². The van der Waals surface area contributed by atoms with Gasteiger partial charge in [0.05, 0.1) is 18.7 Å². The minimum Gasteiger partial charge on any atom is -0.488 e. The summed E-state index contributed by atoms with van der Waals surface area (Å²) in [6.07, 6.45) is 7.07. The molecular weight excluding hydrogens is 463 g/mol. The largest absolute Gasteiger partial charge is 0.488 e. The summed E-state index contributed by atoms with van der Waals surface area (Å²) in [6, 6.07) is 3.63. The maximum atomic E-state index is 14.1. The molecule has 1 saturated heterocycles. The summed E-state index contributed by atoms with van der Waals surface area (Å²) in [7, 11) is 0. The van der Waals surface area contributed by atoms with Gasteiger partial charge >= 0.3 is 0 Å². The highest BCUT2D eigenvalue weighted by molar-refractivity contribution is 6.10. The molecule has 0 N–H and O–H groups in total. The fourth-order valence-corrected chi connectivity index (χ4v) is 4.84. The Bertz CT molecular complexity index is 1200. The van der Waals surface area contributed by atoms with Crippen LogP contribution in [0.2, 0.25) is 0 Å². The second-order valence-electron chi connectivity index (χ2n) is 9.66. The standard InChI is InChI=1S/C27H31FN4O4/c1-3-35-12-6-18-4-5-19-15-23(29-17-21(19)24(18)33)32-11-13-36-22-14-20(16-30-25(22)32)26(34)31-9-7-27(2,28)8-10-31/h4,14-17H,3,5-13H2,1-2H3. The summed E-state index contributed by atoms with van der Waals surface area (Å²) in [6.45, 7) is 6.41. The van der Waals surface area contributed by atoms with Crippen LogP contribution in [0.3, 0.4) is 0 Å². The van der Waals surface area contributed by atoms with E-state index in [1.54, 1.807) is 30.3 Å². The molecule has 0 atom stereocenters. The number of anilines is 2. The van der Waals surface area contributed by atoms with Crippen molar-refractivity contribution in [2.75, 3.05) is 44.4 Å². The molecule has 8 nitrogen and oxygen atoms in total. The molecule has 0 saturated carbocycles. The number of allylic oxidation sites excluding steroid dienone is 1. The lowest BCUT2D eigenvalue weighted by molar-refractivity contribution is 0.0503. The Morgan fingerprint density at radius 1 is 1.19 bits per heavy atom. The number of carbonyl (C=O) groups excluding carboxylic acids is 2. The fourth-order valence-electron chi connectivity index (χ4n) is 4.84. The van der Waals surface area contributed by atoms with Crippen LogP contribution in [0, 0.1) is 0 Å². The first kappa shape index (κ1) is 24.4. The van der Waals surface area contributed by atoms with Gasteiger partial charge in [-0.05, 0) is 62.8 Å². The molecule has 1 aliphatic carbocycles. The number of pyridine rings is 2. The van der Waals surface area contributed by atoms with Crippen LogP contribution in [0.1, 0.15) is 59.4 Å². The quantitative estimate of drug-likeness (QED) is 0.560. The number of halogens is 1. The third-order valence-electron chi connectivity index (χ3n) is 7.08. The lowest BCUT2D eigenvalue weighted by Crippen LogP contribution is -2.43. The molecule has 0 bridgehead atoms. The molecule has 0 spiro atoms. The number of likely N-dealkylation sites (tertiary alicyclic amines) is 1. The normalized spacial score (nSPS) is 18.8. The summed E-state index contributed by atoms with van der Waals surface area (Å²) >= 11 is 0. The van der Waals surface area contributed by atoms with E-state index in [4.69, 9.17) is 9.47 Å². The number of rotatable bonds is 6. The predicted octanol–water partition coefficient (Wildman–Crippen LogP) is 4.06. The van der Waals surface area contributed by atoms with Crippen molar-refractivity contribution >= 4 is 23.3 Å². The minimum atomic E-state index is -1.22. The third-order valence-corrected chi connectivity index (χ3v) is 7.08. The SMILES string of the molecule is CCOCCC1=CCc2cc(N3CCOc4cc(C(=O)N5CCC(C)(F)CC5)cnc43)ncc2C1=O.